The highest BCUT2D eigenvalue weighted by Gasteiger charge is 2.50. The van der Waals surface area contributed by atoms with Gasteiger partial charge in [-0.1, -0.05) is 88.7 Å². The number of aromatic nitrogens is 1. The fraction of sp³-hybridized carbons (Fsp3) is 0.325. The molecule has 1 aromatic heterocycles. The number of fused-ring (bicyclic) bond motifs is 5. The van der Waals surface area contributed by atoms with E-state index in [0.29, 0.717) is 5.92 Å². The molecule has 5 bridgehead atoms. The highest BCUT2D eigenvalue weighted by molar-refractivity contribution is 7.85. The van der Waals surface area contributed by atoms with Gasteiger partial charge < -0.3 is 4.57 Å². The maximum Gasteiger partial charge on any atom is 0.213 e. The summed E-state index contributed by atoms with van der Waals surface area (Å²) in [6.07, 6.45) is 6.52. The van der Waals surface area contributed by atoms with Crippen LogP contribution in [0.25, 0.3) is 22.0 Å². The van der Waals surface area contributed by atoms with Gasteiger partial charge in [-0.2, -0.15) is 4.57 Å². The van der Waals surface area contributed by atoms with Crippen molar-refractivity contribution in [3.05, 3.63) is 119 Å². The molecule has 3 heteroatoms. The topological polar surface area (TPSA) is 20.9 Å². The van der Waals surface area contributed by atoms with E-state index in [9.17, 15) is 0 Å². The average Bonchev–Trinajstić information content (AvgIpc) is 3.02. The van der Waals surface area contributed by atoms with Crippen LogP contribution in [0.5, 0.6) is 0 Å². The van der Waals surface area contributed by atoms with E-state index in [-0.39, 0.29) is 11.5 Å². The lowest BCUT2D eigenvalue weighted by Gasteiger charge is -2.38. The van der Waals surface area contributed by atoms with Crippen LogP contribution in [0.2, 0.25) is 0 Å². The van der Waals surface area contributed by atoms with Crippen molar-refractivity contribution < 1.29 is 9.13 Å². The number of pyridine rings is 1. The van der Waals surface area contributed by atoms with E-state index in [1.807, 2.05) is 0 Å². The molecule has 0 amide bonds. The molecule has 2 nitrogen and oxygen atoms in total. The first-order valence-electron chi connectivity index (χ1n) is 16.1. The van der Waals surface area contributed by atoms with Crippen molar-refractivity contribution in [1.29, 1.82) is 0 Å². The Balaban J connectivity index is 1.53. The van der Waals surface area contributed by atoms with Crippen LogP contribution in [0.15, 0.2) is 91.1 Å². The molecule has 4 heterocycles. The normalized spacial score (nSPS) is 22.8. The van der Waals surface area contributed by atoms with Crippen LogP contribution in [0.4, 0.5) is 0 Å². The fourth-order valence-corrected chi connectivity index (χ4v) is 11.2. The van der Waals surface area contributed by atoms with Gasteiger partial charge in [0.25, 0.3) is 0 Å². The molecule has 0 saturated carbocycles. The van der Waals surface area contributed by atoms with Gasteiger partial charge in [0.2, 0.25) is 5.69 Å². The molecule has 4 atom stereocenters. The van der Waals surface area contributed by atoms with Crippen LogP contribution in [-0.4, -0.2) is 0 Å². The Morgan fingerprint density at radius 1 is 0.884 bits per heavy atom. The fourth-order valence-electron chi connectivity index (χ4n) is 8.08. The quantitative estimate of drug-likeness (QED) is 0.150. The Hall–Kier alpha value is -3.48. The molecular weight excluding hydrogens is 541 g/mol. The van der Waals surface area contributed by atoms with Gasteiger partial charge in [-0.3, -0.25) is 0 Å². The van der Waals surface area contributed by atoms with E-state index in [4.69, 9.17) is 0 Å². The average molecular weight is 585 g/mol. The van der Waals surface area contributed by atoms with Crippen molar-refractivity contribution in [3.63, 3.8) is 0 Å². The Morgan fingerprint density at radius 2 is 1.60 bits per heavy atom. The summed E-state index contributed by atoms with van der Waals surface area (Å²) in [5, 5.41) is 5.42. The molecule has 0 fully saturated rings. The van der Waals surface area contributed by atoms with Gasteiger partial charge in [-0.05, 0) is 83.7 Å². The van der Waals surface area contributed by atoms with Gasteiger partial charge in [0.05, 0.1) is 0 Å². The summed E-state index contributed by atoms with van der Waals surface area (Å²) in [7, 11) is -3.14. The predicted molar refractivity (Wildman–Crippen MR) is 182 cm³/mol. The molecule has 0 radical (unpaired) electrons. The van der Waals surface area contributed by atoms with Crippen molar-refractivity contribution in [2.75, 3.05) is 0 Å². The molecule has 0 aliphatic carbocycles. The summed E-state index contributed by atoms with van der Waals surface area (Å²) in [5.41, 5.74) is 8.60. The summed E-state index contributed by atoms with van der Waals surface area (Å²) in [5.74, 6) is 0.902. The summed E-state index contributed by atoms with van der Waals surface area (Å²) >= 11 is 0. The van der Waals surface area contributed by atoms with Gasteiger partial charge in [0, 0.05) is 51.7 Å². The molecule has 4 aromatic carbocycles. The zero-order valence-electron chi connectivity index (χ0n) is 26.4. The molecule has 5 aromatic rings. The smallest absolute Gasteiger partial charge is 0.213 e. The Kier molecular flexibility index (Phi) is 6.79. The lowest BCUT2D eigenvalue weighted by Crippen LogP contribution is -2.63. The summed E-state index contributed by atoms with van der Waals surface area (Å²) in [6.45, 7) is 13.6. The van der Waals surface area contributed by atoms with Crippen molar-refractivity contribution >= 4 is 33.8 Å². The third kappa shape index (κ3) is 4.21. The number of benzene rings is 4. The van der Waals surface area contributed by atoms with Gasteiger partial charge in [-0.15, -0.1) is 0 Å². The maximum atomic E-state index is 15.9. The third-order valence-electron chi connectivity index (χ3n) is 10.9. The van der Waals surface area contributed by atoms with E-state index in [0.717, 1.165) is 52.7 Å². The molecule has 43 heavy (non-hydrogen) atoms. The SMILES string of the molecule is CCC(C)Cc1ccc(P2(=O)c3ccc4c(c3)CC(CC)(C(C)c3ccc2c(C)c3)[n+]2cc3ccccc3cc2-4)c(C)c1. The predicted octanol–water partition coefficient (Wildman–Crippen LogP) is 8.42. The lowest BCUT2D eigenvalue weighted by molar-refractivity contribution is -0.760. The molecule has 0 N–H and O–H groups in total. The van der Waals surface area contributed by atoms with Crippen LogP contribution >= 0.6 is 7.14 Å². The standard InChI is InChI=1S/C40H43NOP/c1-7-26(3)19-30-13-17-38(27(4)20-30)43(42)35-15-16-36-34(22-35)24-40(8-2,29(6)31-14-18-39(43)28(5)21-31)41-25-33-12-10-9-11-32(33)23-37(36)41/h9-18,20-23,25-26,29H,7-8,19,24H2,1-6H3/q+1. The van der Waals surface area contributed by atoms with Crippen molar-refractivity contribution in [1.82, 2.24) is 0 Å². The molecule has 3 aliphatic heterocycles. The van der Waals surface area contributed by atoms with Crippen LogP contribution in [-0.2, 0) is 22.9 Å². The van der Waals surface area contributed by atoms with Gasteiger partial charge >= 0.3 is 0 Å². The second-order valence-electron chi connectivity index (χ2n) is 13.3. The number of nitrogens with zero attached hydrogens (tertiary/aromatic N) is 1. The molecular formula is C40H43NOP+. The highest BCUT2D eigenvalue weighted by Crippen LogP contribution is 2.49. The molecule has 0 saturated heterocycles. The van der Waals surface area contributed by atoms with Crippen molar-refractivity contribution in [3.8, 4) is 11.3 Å². The van der Waals surface area contributed by atoms with Crippen molar-refractivity contribution in [2.45, 2.75) is 78.7 Å². The summed E-state index contributed by atoms with van der Waals surface area (Å²) < 4.78 is 18.5. The van der Waals surface area contributed by atoms with E-state index in [2.05, 4.69) is 137 Å². The van der Waals surface area contributed by atoms with Crippen LogP contribution in [0.3, 0.4) is 0 Å². The van der Waals surface area contributed by atoms with Gasteiger partial charge in [0.1, 0.15) is 0 Å². The monoisotopic (exact) mass is 584 g/mol. The maximum absolute atomic E-state index is 15.9. The van der Waals surface area contributed by atoms with Crippen LogP contribution in [0.1, 0.15) is 74.3 Å². The Labute approximate surface area is 257 Å². The lowest BCUT2D eigenvalue weighted by atomic mass is 9.71. The second-order valence-corrected chi connectivity index (χ2v) is 16.0. The minimum atomic E-state index is -3.14. The summed E-state index contributed by atoms with van der Waals surface area (Å²) in [6, 6.07) is 31.3. The van der Waals surface area contributed by atoms with E-state index < -0.39 is 7.14 Å². The first-order chi connectivity index (χ1) is 20.7. The Morgan fingerprint density at radius 3 is 2.30 bits per heavy atom. The molecule has 8 rings (SSSR count). The number of hydrogen-bond acceptors (Lipinski definition) is 1. The first-order valence-corrected chi connectivity index (χ1v) is 17.8. The van der Waals surface area contributed by atoms with E-state index in [1.54, 1.807) is 0 Å². The third-order valence-corrected chi connectivity index (χ3v) is 14.2. The van der Waals surface area contributed by atoms with E-state index >= 15 is 4.57 Å². The minimum Gasteiger partial charge on any atom is -0.309 e. The minimum absolute atomic E-state index is 0.138. The first kappa shape index (κ1) is 28.3. The van der Waals surface area contributed by atoms with Gasteiger partial charge in [-0.25, -0.2) is 0 Å². The van der Waals surface area contributed by atoms with Crippen molar-refractivity contribution in [2.24, 2.45) is 5.92 Å². The number of rotatable bonds is 5. The molecule has 218 valence electrons. The van der Waals surface area contributed by atoms with E-state index in [1.165, 1.54) is 38.7 Å². The summed E-state index contributed by atoms with van der Waals surface area (Å²) in [4.78, 5) is 0. The molecule has 4 unspecified atom stereocenters. The second kappa shape index (κ2) is 10.3. The zero-order chi connectivity index (χ0) is 30.1. The van der Waals surface area contributed by atoms with Crippen LogP contribution in [0, 0.1) is 19.8 Å². The zero-order valence-corrected chi connectivity index (χ0v) is 27.3. The molecule has 0 spiro atoms. The number of aryl methyl sites for hydroxylation is 2. The largest absolute Gasteiger partial charge is 0.309 e. The van der Waals surface area contributed by atoms with Crippen LogP contribution < -0.4 is 20.5 Å². The van der Waals surface area contributed by atoms with Gasteiger partial charge in [0.15, 0.2) is 18.9 Å². The number of hydrogen-bond donors (Lipinski definition) is 0. The Bertz CT molecular complexity index is 1950. The molecule has 3 aliphatic rings. The highest BCUT2D eigenvalue weighted by atomic mass is 31.2.